The van der Waals surface area contributed by atoms with Gasteiger partial charge in [0.2, 0.25) is 0 Å². The zero-order valence-corrected chi connectivity index (χ0v) is 14.4. The lowest BCUT2D eigenvalue weighted by molar-refractivity contribution is 0.590. The molecule has 0 aliphatic carbocycles. The van der Waals surface area contributed by atoms with Crippen LogP contribution in [0.4, 0.5) is 4.39 Å². The van der Waals surface area contributed by atoms with Gasteiger partial charge in [-0.25, -0.2) is 4.39 Å². The van der Waals surface area contributed by atoms with Crippen LogP contribution in [0.2, 0.25) is 5.02 Å². The van der Waals surface area contributed by atoms with Gasteiger partial charge in [0.25, 0.3) is 0 Å². The molecule has 21 heavy (non-hydrogen) atoms. The fraction of sp³-hybridized carbons (Fsp3) is 0.294. The van der Waals surface area contributed by atoms with Gasteiger partial charge < -0.3 is 5.32 Å². The molecule has 112 valence electrons. The van der Waals surface area contributed by atoms with Crippen molar-refractivity contribution in [2.24, 2.45) is 0 Å². The molecule has 2 aromatic carbocycles. The molecule has 2 aromatic rings. The Morgan fingerprint density at radius 3 is 2.67 bits per heavy atom. The number of hydrogen-bond acceptors (Lipinski definition) is 1. The van der Waals surface area contributed by atoms with Crippen molar-refractivity contribution in [3.05, 3.63) is 68.4 Å². The molecule has 2 rings (SSSR count). The van der Waals surface area contributed by atoms with Gasteiger partial charge in [0.1, 0.15) is 5.82 Å². The number of benzene rings is 2. The lowest BCUT2D eigenvalue weighted by Crippen LogP contribution is -2.23. The second kappa shape index (κ2) is 7.39. The smallest absolute Gasteiger partial charge is 0.126 e. The van der Waals surface area contributed by atoms with E-state index in [4.69, 9.17) is 11.6 Å². The molecule has 0 amide bonds. The Hall–Kier alpha value is -0.900. The summed E-state index contributed by atoms with van der Waals surface area (Å²) >= 11 is 9.84. The monoisotopic (exact) mass is 369 g/mol. The Bertz CT molecular complexity index is 630. The van der Waals surface area contributed by atoms with Gasteiger partial charge in [-0.3, -0.25) is 0 Å². The molecule has 0 fully saturated rings. The highest BCUT2D eigenvalue weighted by Gasteiger charge is 2.17. The predicted molar refractivity (Wildman–Crippen MR) is 90.4 cm³/mol. The Morgan fingerprint density at radius 2 is 2.00 bits per heavy atom. The highest BCUT2D eigenvalue weighted by molar-refractivity contribution is 9.10. The van der Waals surface area contributed by atoms with E-state index in [1.54, 1.807) is 6.92 Å². The SMILES string of the molecule is CCCNC(c1ccc(F)c(C)c1)c1cc(Br)ccc1Cl. The summed E-state index contributed by atoms with van der Waals surface area (Å²) in [5.74, 6) is -0.187. The zero-order valence-electron chi connectivity index (χ0n) is 12.1. The fourth-order valence-corrected chi connectivity index (χ4v) is 2.88. The molecule has 1 N–H and O–H groups in total. The van der Waals surface area contributed by atoms with Crippen LogP contribution in [0.15, 0.2) is 40.9 Å². The molecule has 0 saturated heterocycles. The molecule has 1 nitrogen and oxygen atoms in total. The first-order valence-corrected chi connectivity index (χ1v) is 8.14. The first-order chi connectivity index (χ1) is 10.0. The van der Waals surface area contributed by atoms with Crippen LogP contribution in [0.3, 0.4) is 0 Å². The van der Waals surface area contributed by atoms with Crippen molar-refractivity contribution in [3.8, 4) is 0 Å². The van der Waals surface area contributed by atoms with Gasteiger partial charge in [-0.05, 0) is 60.8 Å². The lowest BCUT2D eigenvalue weighted by atomic mass is 9.97. The highest BCUT2D eigenvalue weighted by Crippen LogP contribution is 2.31. The summed E-state index contributed by atoms with van der Waals surface area (Å²) in [5.41, 5.74) is 2.65. The van der Waals surface area contributed by atoms with E-state index in [2.05, 4.69) is 28.2 Å². The normalized spacial score (nSPS) is 12.4. The maximum Gasteiger partial charge on any atom is 0.126 e. The molecule has 0 heterocycles. The molecule has 0 radical (unpaired) electrons. The van der Waals surface area contributed by atoms with Crippen LogP contribution in [0.5, 0.6) is 0 Å². The van der Waals surface area contributed by atoms with Crippen molar-refractivity contribution in [2.45, 2.75) is 26.3 Å². The molecule has 0 spiro atoms. The van der Waals surface area contributed by atoms with Crippen LogP contribution < -0.4 is 5.32 Å². The van der Waals surface area contributed by atoms with E-state index in [0.29, 0.717) is 10.6 Å². The number of halogens is 3. The minimum absolute atomic E-state index is 0.0470. The van der Waals surface area contributed by atoms with E-state index in [1.165, 1.54) is 6.07 Å². The molecule has 0 aliphatic rings. The summed E-state index contributed by atoms with van der Waals surface area (Å²) in [6.07, 6.45) is 1.02. The fourth-order valence-electron chi connectivity index (χ4n) is 2.28. The quantitative estimate of drug-likeness (QED) is 0.718. The Morgan fingerprint density at radius 1 is 1.24 bits per heavy atom. The van der Waals surface area contributed by atoms with Crippen molar-refractivity contribution < 1.29 is 4.39 Å². The summed E-state index contributed by atoms with van der Waals surface area (Å²) < 4.78 is 14.5. The maximum absolute atomic E-state index is 13.5. The largest absolute Gasteiger partial charge is 0.306 e. The van der Waals surface area contributed by atoms with Gasteiger partial charge in [0.15, 0.2) is 0 Å². The van der Waals surface area contributed by atoms with Crippen LogP contribution in [-0.2, 0) is 0 Å². The van der Waals surface area contributed by atoms with Gasteiger partial charge in [-0.2, -0.15) is 0 Å². The zero-order chi connectivity index (χ0) is 15.4. The molecule has 1 unspecified atom stereocenters. The molecule has 0 bridgehead atoms. The molecule has 0 aliphatic heterocycles. The summed E-state index contributed by atoms with van der Waals surface area (Å²) in [6.45, 7) is 4.75. The Kier molecular flexibility index (Phi) is 5.80. The third kappa shape index (κ3) is 4.06. The number of nitrogens with one attached hydrogen (secondary N) is 1. The summed E-state index contributed by atoms with van der Waals surface area (Å²) in [7, 11) is 0. The van der Waals surface area contributed by atoms with E-state index in [9.17, 15) is 4.39 Å². The van der Waals surface area contributed by atoms with E-state index in [-0.39, 0.29) is 11.9 Å². The standard InChI is InChI=1S/C17H18BrClFN/c1-3-8-21-17(12-4-7-16(20)11(2)9-12)14-10-13(18)5-6-15(14)19/h4-7,9-10,17,21H,3,8H2,1-2H3. The van der Waals surface area contributed by atoms with Crippen LogP contribution in [0, 0.1) is 12.7 Å². The van der Waals surface area contributed by atoms with Crippen molar-refractivity contribution in [3.63, 3.8) is 0 Å². The van der Waals surface area contributed by atoms with Crippen LogP contribution in [-0.4, -0.2) is 6.54 Å². The highest BCUT2D eigenvalue weighted by atomic mass is 79.9. The third-order valence-corrected chi connectivity index (χ3v) is 4.22. The van der Waals surface area contributed by atoms with Crippen LogP contribution in [0.1, 0.15) is 36.1 Å². The van der Waals surface area contributed by atoms with E-state index >= 15 is 0 Å². The topological polar surface area (TPSA) is 12.0 Å². The molecule has 0 saturated carbocycles. The Balaban J connectivity index is 2.46. The minimum atomic E-state index is -0.187. The molecular weight excluding hydrogens is 353 g/mol. The number of rotatable bonds is 5. The van der Waals surface area contributed by atoms with E-state index < -0.39 is 0 Å². The summed E-state index contributed by atoms with van der Waals surface area (Å²) in [6, 6.07) is 10.9. The average Bonchev–Trinajstić information content (AvgIpc) is 2.46. The van der Waals surface area contributed by atoms with Gasteiger partial charge in [0.05, 0.1) is 6.04 Å². The van der Waals surface area contributed by atoms with Gasteiger partial charge >= 0.3 is 0 Å². The minimum Gasteiger partial charge on any atom is -0.306 e. The van der Waals surface area contributed by atoms with Crippen molar-refractivity contribution >= 4 is 27.5 Å². The summed E-state index contributed by atoms with van der Waals surface area (Å²) in [5, 5.41) is 4.19. The van der Waals surface area contributed by atoms with Crippen LogP contribution in [0.25, 0.3) is 0 Å². The van der Waals surface area contributed by atoms with Gasteiger partial charge in [0, 0.05) is 9.50 Å². The number of hydrogen-bond donors (Lipinski definition) is 1. The number of aryl methyl sites for hydroxylation is 1. The first-order valence-electron chi connectivity index (χ1n) is 6.97. The Labute approximate surface area is 138 Å². The van der Waals surface area contributed by atoms with Crippen molar-refractivity contribution in [1.82, 2.24) is 5.32 Å². The first kappa shape index (κ1) is 16.5. The third-order valence-electron chi connectivity index (χ3n) is 3.38. The van der Waals surface area contributed by atoms with Crippen LogP contribution >= 0.6 is 27.5 Å². The van der Waals surface area contributed by atoms with Crippen molar-refractivity contribution in [2.75, 3.05) is 6.54 Å². The predicted octanol–water partition coefficient (Wildman–Crippen LogP) is 5.64. The average molecular weight is 371 g/mol. The summed E-state index contributed by atoms with van der Waals surface area (Å²) in [4.78, 5) is 0. The van der Waals surface area contributed by atoms with Crippen molar-refractivity contribution in [1.29, 1.82) is 0 Å². The molecule has 1 atom stereocenters. The molecule has 4 heteroatoms. The molecular formula is C17H18BrClFN. The maximum atomic E-state index is 13.5. The van der Waals surface area contributed by atoms with E-state index in [0.717, 1.165) is 28.6 Å². The molecule has 0 aromatic heterocycles. The van der Waals surface area contributed by atoms with Gasteiger partial charge in [-0.1, -0.05) is 46.6 Å². The van der Waals surface area contributed by atoms with Gasteiger partial charge in [-0.15, -0.1) is 0 Å². The van der Waals surface area contributed by atoms with E-state index in [1.807, 2.05) is 30.3 Å². The lowest BCUT2D eigenvalue weighted by Gasteiger charge is -2.21. The second-order valence-electron chi connectivity index (χ2n) is 5.06. The second-order valence-corrected chi connectivity index (χ2v) is 6.38.